The van der Waals surface area contributed by atoms with Gasteiger partial charge in [-0.05, 0) is 12.1 Å². The molecule has 1 amide bonds. The van der Waals surface area contributed by atoms with E-state index in [2.05, 4.69) is 4.98 Å². The molecule has 2 unspecified atom stereocenters. The van der Waals surface area contributed by atoms with Gasteiger partial charge in [-0.1, -0.05) is 11.6 Å². The zero-order valence-corrected chi connectivity index (χ0v) is 10.2. The van der Waals surface area contributed by atoms with Crippen LogP contribution in [0.5, 0.6) is 5.75 Å². The molecule has 0 aromatic carbocycles. The summed E-state index contributed by atoms with van der Waals surface area (Å²) in [7, 11) is 0. The molecule has 7 heteroatoms. The van der Waals surface area contributed by atoms with E-state index >= 15 is 0 Å². The first-order valence-electron chi connectivity index (χ1n) is 5.46. The highest BCUT2D eigenvalue weighted by atomic mass is 35.5. The van der Waals surface area contributed by atoms with Crippen LogP contribution in [0.3, 0.4) is 0 Å². The first-order chi connectivity index (χ1) is 8.56. The van der Waals surface area contributed by atoms with E-state index in [9.17, 15) is 9.18 Å². The van der Waals surface area contributed by atoms with E-state index in [1.54, 1.807) is 12.1 Å². The number of piperidine rings is 1. The van der Waals surface area contributed by atoms with Gasteiger partial charge in [0, 0.05) is 13.0 Å². The molecule has 0 radical (unpaired) electrons. The summed E-state index contributed by atoms with van der Waals surface area (Å²) >= 11 is 5.62. The molecule has 18 heavy (non-hydrogen) atoms. The normalized spacial score (nSPS) is 23.8. The third-order valence-corrected chi connectivity index (χ3v) is 2.96. The Morgan fingerprint density at radius 3 is 2.94 bits per heavy atom. The fraction of sp³-hybridized carbons (Fsp3) is 0.455. The molecule has 2 heterocycles. The van der Waals surface area contributed by atoms with Crippen molar-refractivity contribution in [1.29, 1.82) is 0 Å². The minimum Gasteiger partial charge on any atom is -0.486 e. The Labute approximate surface area is 108 Å². The molecule has 1 aromatic heterocycles. The molecular formula is C11H12ClFN2O3. The predicted octanol–water partition coefficient (Wildman–Crippen LogP) is 2.20. The number of nitrogens with zero attached hydrogens (tertiary/aromatic N) is 2. The smallest absolute Gasteiger partial charge is 0.407 e. The summed E-state index contributed by atoms with van der Waals surface area (Å²) in [4.78, 5) is 15.6. The first kappa shape index (κ1) is 12.9. The van der Waals surface area contributed by atoms with Crippen molar-refractivity contribution >= 4 is 17.7 Å². The molecule has 0 bridgehead atoms. The van der Waals surface area contributed by atoms with Crippen molar-refractivity contribution < 1.29 is 19.0 Å². The summed E-state index contributed by atoms with van der Waals surface area (Å²) in [6.45, 7) is 0.0997. The fourth-order valence-corrected chi connectivity index (χ4v) is 1.91. The number of aromatic nitrogens is 1. The van der Waals surface area contributed by atoms with Gasteiger partial charge in [-0.2, -0.15) is 0 Å². The molecule has 1 N–H and O–H groups in total. The van der Waals surface area contributed by atoms with Crippen molar-refractivity contribution in [2.24, 2.45) is 0 Å². The maximum Gasteiger partial charge on any atom is 0.407 e. The molecule has 0 saturated carbocycles. The number of alkyl halides is 1. The van der Waals surface area contributed by atoms with Gasteiger partial charge in [-0.3, -0.25) is 0 Å². The summed E-state index contributed by atoms with van der Waals surface area (Å²) in [5, 5.41) is 9.09. The van der Waals surface area contributed by atoms with E-state index in [4.69, 9.17) is 21.4 Å². The van der Waals surface area contributed by atoms with Gasteiger partial charge in [0.2, 0.25) is 0 Å². The number of likely N-dealkylation sites (tertiary alicyclic amines) is 1. The number of rotatable bonds is 2. The molecule has 2 atom stereocenters. The van der Waals surface area contributed by atoms with Crippen LogP contribution in [0.25, 0.3) is 0 Å². The molecule has 98 valence electrons. The maximum atomic E-state index is 13.7. The van der Waals surface area contributed by atoms with E-state index in [1.807, 2.05) is 0 Å². The minimum atomic E-state index is -1.34. The largest absolute Gasteiger partial charge is 0.486 e. The van der Waals surface area contributed by atoms with Gasteiger partial charge < -0.3 is 14.7 Å². The SMILES string of the molecule is O=C(O)N1CCC(Oc2ccc(Cl)nc2)C(F)C1. The molecule has 1 aromatic rings. The number of carboxylic acid groups (broad SMARTS) is 1. The van der Waals surface area contributed by atoms with Crippen LogP contribution in [0.1, 0.15) is 6.42 Å². The van der Waals surface area contributed by atoms with Crippen LogP contribution in [-0.2, 0) is 0 Å². The molecule has 2 rings (SSSR count). The zero-order chi connectivity index (χ0) is 13.1. The molecule has 0 spiro atoms. The average molecular weight is 275 g/mol. The van der Waals surface area contributed by atoms with Crippen LogP contribution in [0.4, 0.5) is 9.18 Å². The lowest BCUT2D eigenvalue weighted by Crippen LogP contribution is -2.48. The second kappa shape index (κ2) is 5.39. The van der Waals surface area contributed by atoms with Gasteiger partial charge in [-0.25, -0.2) is 14.2 Å². The Kier molecular flexibility index (Phi) is 3.86. The monoisotopic (exact) mass is 274 g/mol. The van der Waals surface area contributed by atoms with Crippen molar-refractivity contribution in [1.82, 2.24) is 9.88 Å². The van der Waals surface area contributed by atoms with E-state index in [-0.39, 0.29) is 13.1 Å². The second-order valence-corrected chi connectivity index (χ2v) is 4.39. The number of hydrogen-bond acceptors (Lipinski definition) is 3. The van der Waals surface area contributed by atoms with Gasteiger partial charge in [0.05, 0.1) is 12.7 Å². The lowest BCUT2D eigenvalue weighted by molar-refractivity contribution is 0.0247. The van der Waals surface area contributed by atoms with Crippen LogP contribution >= 0.6 is 11.6 Å². The molecule has 1 fully saturated rings. The number of hydrogen-bond donors (Lipinski definition) is 1. The average Bonchev–Trinajstić information content (AvgIpc) is 2.34. The summed E-state index contributed by atoms with van der Waals surface area (Å²) in [6.07, 6.45) is -1.37. The van der Waals surface area contributed by atoms with E-state index < -0.39 is 18.4 Å². The summed E-state index contributed by atoms with van der Waals surface area (Å²) in [6, 6.07) is 3.15. The van der Waals surface area contributed by atoms with Gasteiger partial charge >= 0.3 is 6.09 Å². The zero-order valence-electron chi connectivity index (χ0n) is 9.42. The number of halogens is 2. The topological polar surface area (TPSA) is 62.7 Å². The molecule has 0 aliphatic carbocycles. The molecule has 1 saturated heterocycles. The van der Waals surface area contributed by atoms with Crippen LogP contribution < -0.4 is 4.74 Å². The Morgan fingerprint density at radius 2 is 2.39 bits per heavy atom. The van der Waals surface area contributed by atoms with Gasteiger partial charge in [0.1, 0.15) is 17.0 Å². The van der Waals surface area contributed by atoms with Crippen molar-refractivity contribution in [3.8, 4) is 5.75 Å². The summed E-state index contributed by atoms with van der Waals surface area (Å²) < 4.78 is 19.2. The third-order valence-electron chi connectivity index (χ3n) is 2.74. The highest BCUT2D eigenvalue weighted by molar-refractivity contribution is 6.29. The fourth-order valence-electron chi connectivity index (χ4n) is 1.80. The van der Waals surface area contributed by atoms with Gasteiger partial charge in [-0.15, -0.1) is 0 Å². The third kappa shape index (κ3) is 3.01. The van der Waals surface area contributed by atoms with Crippen molar-refractivity contribution in [2.45, 2.75) is 18.7 Å². The van der Waals surface area contributed by atoms with Crippen molar-refractivity contribution in [3.05, 3.63) is 23.5 Å². The Hall–Kier alpha value is -1.56. The van der Waals surface area contributed by atoms with Crippen LogP contribution in [0, 0.1) is 0 Å². The van der Waals surface area contributed by atoms with Crippen molar-refractivity contribution in [2.75, 3.05) is 13.1 Å². The highest BCUT2D eigenvalue weighted by Crippen LogP contribution is 2.21. The second-order valence-electron chi connectivity index (χ2n) is 4.01. The maximum absolute atomic E-state index is 13.7. The van der Waals surface area contributed by atoms with Crippen LogP contribution in [-0.4, -0.2) is 46.4 Å². The number of ether oxygens (including phenoxy) is 1. The van der Waals surface area contributed by atoms with E-state index in [0.29, 0.717) is 17.3 Å². The van der Waals surface area contributed by atoms with Crippen LogP contribution in [0.15, 0.2) is 18.3 Å². The molecule has 5 nitrogen and oxygen atoms in total. The number of pyridine rings is 1. The van der Waals surface area contributed by atoms with E-state index in [1.165, 1.54) is 6.20 Å². The Morgan fingerprint density at radius 1 is 1.61 bits per heavy atom. The van der Waals surface area contributed by atoms with E-state index in [0.717, 1.165) is 4.90 Å². The van der Waals surface area contributed by atoms with Gasteiger partial charge in [0.25, 0.3) is 0 Å². The number of amides is 1. The first-order valence-corrected chi connectivity index (χ1v) is 5.84. The predicted molar refractivity (Wildman–Crippen MR) is 62.8 cm³/mol. The van der Waals surface area contributed by atoms with Crippen molar-refractivity contribution in [3.63, 3.8) is 0 Å². The summed E-state index contributed by atoms with van der Waals surface area (Å²) in [5.74, 6) is 0.427. The summed E-state index contributed by atoms with van der Waals surface area (Å²) in [5.41, 5.74) is 0. The Bertz CT molecular complexity index is 429. The quantitative estimate of drug-likeness (QED) is 0.840. The lowest BCUT2D eigenvalue weighted by atomic mass is 10.1. The Balaban J connectivity index is 1.95. The standard InChI is InChI=1S/C11H12ClFN2O3/c12-10-2-1-7(5-14-10)18-9-3-4-15(11(16)17)6-8(9)13/h1-2,5,8-9H,3-4,6H2,(H,16,17). The molecular weight excluding hydrogens is 263 g/mol. The van der Waals surface area contributed by atoms with Crippen LogP contribution in [0.2, 0.25) is 5.15 Å². The van der Waals surface area contributed by atoms with Gasteiger partial charge in [0.15, 0.2) is 6.17 Å². The minimum absolute atomic E-state index is 0.166. The highest BCUT2D eigenvalue weighted by Gasteiger charge is 2.32. The molecule has 1 aliphatic rings. The molecule has 1 aliphatic heterocycles. The number of carbonyl (C=O) groups is 1. The lowest BCUT2D eigenvalue weighted by Gasteiger charge is -2.32.